The molecule has 34 heavy (non-hydrogen) atoms. The van der Waals surface area contributed by atoms with E-state index in [0.717, 1.165) is 22.5 Å². The number of aryl methyl sites for hydroxylation is 3. The SMILES string of the molecule is Cc1ccc(NC(=O)c2sc3ncn(C(C)C(=O)Nc4ccccc4Cl)c(=O)c3c2C)c(C)c1. The van der Waals surface area contributed by atoms with E-state index in [2.05, 4.69) is 15.6 Å². The minimum atomic E-state index is -0.840. The number of nitrogens with one attached hydrogen (secondary N) is 2. The first-order valence-electron chi connectivity index (χ1n) is 10.6. The number of hydrogen-bond donors (Lipinski definition) is 2. The number of carbonyl (C=O) groups is 2. The van der Waals surface area contributed by atoms with Crippen LogP contribution >= 0.6 is 22.9 Å². The third-order valence-corrected chi connectivity index (χ3v) is 7.17. The summed E-state index contributed by atoms with van der Waals surface area (Å²) in [5.41, 5.74) is 3.37. The van der Waals surface area contributed by atoms with E-state index in [4.69, 9.17) is 11.6 Å². The van der Waals surface area contributed by atoms with Crippen molar-refractivity contribution in [1.82, 2.24) is 9.55 Å². The molecule has 2 heterocycles. The number of benzene rings is 2. The average Bonchev–Trinajstić information content (AvgIpc) is 3.14. The summed E-state index contributed by atoms with van der Waals surface area (Å²) in [5.74, 6) is -0.708. The van der Waals surface area contributed by atoms with Gasteiger partial charge in [-0.1, -0.05) is 41.4 Å². The van der Waals surface area contributed by atoms with E-state index in [9.17, 15) is 14.4 Å². The zero-order valence-corrected chi connectivity index (χ0v) is 20.7. The molecule has 0 bridgehead atoms. The Morgan fingerprint density at radius 1 is 1.06 bits per heavy atom. The Kier molecular flexibility index (Phi) is 6.54. The van der Waals surface area contributed by atoms with Crippen molar-refractivity contribution in [2.75, 3.05) is 10.6 Å². The second-order valence-electron chi connectivity index (χ2n) is 8.11. The summed E-state index contributed by atoms with van der Waals surface area (Å²) >= 11 is 7.28. The summed E-state index contributed by atoms with van der Waals surface area (Å²) in [7, 11) is 0. The molecule has 9 heteroatoms. The van der Waals surface area contributed by atoms with Crippen molar-refractivity contribution in [3.8, 4) is 0 Å². The number of para-hydroxylation sites is 1. The quantitative estimate of drug-likeness (QED) is 0.383. The largest absolute Gasteiger partial charge is 0.323 e. The van der Waals surface area contributed by atoms with Gasteiger partial charge < -0.3 is 10.6 Å². The van der Waals surface area contributed by atoms with Crippen LogP contribution in [0.4, 0.5) is 11.4 Å². The predicted molar refractivity (Wildman–Crippen MR) is 137 cm³/mol. The van der Waals surface area contributed by atoms with E-state index < -0.39 is 11.9 Å². The molecule has 0 spiro atoms. The fourth-order valence-electron chi connectivity index (χ4n) is 3.69. The highest BCUT2D eigenvalue weighted by Gasteiger charge is 2.23. The van der Waals surface area contributed by atoms with Crippen LogP contribution in [0.25, 0.3) is 10.2 Å². The van der Waals surface area contributed by atoms with Crippen molar-refractivity contribution < 1.29 is 9.59 Å². The number of nitrogens with zero attached hydrogens (tertiary/aromatic N) is 2. The Morgan fingerprint density at radius 2 is 1.79 bits per heavy atom. The number of hydrogen-bond acceptors (Lipinski definition) is 5. The van der Waals surface area contributed by atoms with Crippen molar-refractivity contribution in [1.29, 1.82) is 0 Å². The molecule has 2 N–H and O–H groups in total. The fraction of sp³-hybridized carbons (Fsp3) is 0.200. The van der Waals surface area contributed by atoms with Gasteiger partial charge in [0.2, 0.25) is 5.91 Å². The van der Waals surface area contributed by atoms with Gasteiger partial charge in [-0.05, 0) is 57.0 Å². The number of fused-ring (bicyclic) bond motifs is 1. The molecule has 0 radical (unpaired) electrons. The van der Waals surface area contributed by atoms with Gasteiger partial charge in [0.15, 0.2) is 0 Å². The van der Waals surface area contributed by atoms with Crippen molar-refractivity contribution >= 4 is 56.3 Å². The van der Waals surface area contributed by atoms with Gasteiger partial charge in [0.05, 0.1) is 27.3 Å². The first kappa shape index (κ1) is 23.7. The molecule has 4 rings (SSSR count). The summed E-state index contributed by atoms with van der Waals surface area (Å²) in [6, 6.07) is 11.8. The summed E-state index contributed by atoms with van der Waals surface area (Å²) in [5, 5.41) is 6.39. The molecule has 0 aliphatic carbocycles. The minimum Gasteiger partial charge on any atom is -0.323 e. The zero-order valence-electron chi connectivity index (χ0n) is 19.1. The van der Waals surface area contributed by atoms with Crippen molar-refractivity contribution in [2.45, 2.75) is 33.7 Å². The summed E-state index contributed by atoms with van der Waals surface area (Å²) < 4.78 is 1.26. The van der Waals surface area contributed by atoms with E-state index >= 15 is 0 Å². The first-order valence-corrected chi connectivity index (χ1v) is 11.8. The Bertz CT molecular complexity index is 1490. The molecule has 2 aromatic carbocycles. The highest BCUT2D eigenvalue weighted by molar-refractivity contribution is 7.20. The molecule has 2 aromatic heterocycles. The number of anilines is 2. The van der Waals surface area contributed by atoms with Crippen molar-refractivity contribution in [2.24, 2.45) is 0 Å². The number of aromatic nitrogens is 2. The summed E-state index contributed by atoms with van der Waals surface area (Å²) in [4.78, 5) is 44.3. The topological polar surface area (TPSA) is 93.1 Å². The Hall–Kier alpha value is -3.49. The molecule has 2 amide bonds. The Balaban J connectivity index is 1.64. The van der Waals surface area contributed by atoms with Crippen molar-refractivity contribution in [3.05, 3.63) is 85.7 Å². The van der Waals surface area contributed by atoms with Gasteiger partial charge in [-0.3, -0.25) is 19.0 Å². The smallest absolute Gasteiger partial charge is 0.266 e. The summed E-state index contributed by atoms with van der Waals surface area (Å²) in [6.07, 6.45) is 1.34. The number of thiophene rings is 1. The summed E-state index contributed by atoms with van der Waals surface area (Å²) in [6.45, 7) is 7.24. The highest BCUT2D eigenvalue weighted by atomic mass is 35.5. The molecule has 0 aliphatic heterocycles. The second kappa shape index (κ2) is 9.40. The molecule has 0 aliphatic rings. The van der Waals surface area contributed by atoms with Crippen LogP contribution in [-0.2, 0) is 4.79 Å². The number of carbonyl (C=O) groups excluding carboxylic acids is 2. The van der Waals surface area contributed by atoms with Crippen molar-refractivity contribution in [3.63, 3.8) is 0 Å². The van der Waals surface area contributed by atoms with Crippen LogP contribution in [0.15, 0.2) is 53.6 Å². The number of halogens is 1. The maximum Gasteiger partial charge on any atom is 0.266 e. The third kappa shape index (κ3) is 4.47. The Morgan fingerprint density at radius 3 is 2.50 bits per heavy atom. The van der Waals surface area contributed by atoms with Gasteiger partial charge in [0.25, 0.3) is 11.5 Å². The van der Waals surface area contributed by atoms with Gasteiger partial charge >= 0.3 is 0 Å². The van der Waals surface area contributed by atoms with Crippen LogP contribution in [-0.4, -0.2) is 21.4 Å². The predicted octanol–water partition coefficient (Wildman–Crippen LogP) is 5.49. The lowest BCUT2D eigenvalue weighted by atomic mass is 10.1. The molecule has 1 unspecified atom stereocenters. The normalized spacial score (nSPS) is 11.9. The van der Waals surface area contributed by atoms with Gasteiger partial charge in [-0.25, -0.2) is 4.98 Å². The van der Waals surface area contributed by atoms with E-state index in [1.165, 1.54) is 10.9 Å². The maximum atomic E-state index is 13.3. The lowest BCUT2D eigenvalue weighted by Gasteiger charge is -2.15. The first-order chi connectivity index (χ1) is 16.2. The van der Waals surface area contributed by atoms with Gasteiger partial charge in [0, 0.05) is 5.69 Å². The Labute approximate surface area is 205 Å². The lowest BCUT2D eigenvalue weighted by molar-refractivity contribution is -0.118. The van der Waals surface area contributed by atoms with Gasteiger partial charge in [0.1, 0.15) is 10.9 Å². The molecule has 7 nitrogen and oxygen atoms in total. The van der Waals surface area contributed by atoms with E-state index in [1.807, 2.05) is 32.0 Å². The third-order valence-electron chi connectivity index (χ3n) is 5.64. The molecule has 4 aromatic rings. The van der Waals surface area contributed by atoms with Crippen LogP contribution < -0.4 is 16.2 Å². The molecule has 1 atom stereocenters. The van der Waals surface area contributed by atoms with Crippen LogP contribution in [0.3, 0.4) is 0 Å². The lowest BCUT2D eigenvalue weighted by Crippen LogP contribution is -2.31. The fourth-order valence-corrected chi connectivity index (χ4v) is 4.91. The van der Waals surface area contributed by atoms with Crippen LogP contribution in [0.5, 0.6) is 0 Å². The van der Waals surface area contributed by atoms with Crippen LogP contribution in [0.2, 0.25) is 5.02 Å². The molecule has 0 saturated carbocycles. The molecular weight excluding hydrogens is 472 g/mol. The maximum absolute atomic E-state index is 13.3. The molecule has 174 valence electrons. The van der Waals surface area contributed by atoms with Gasteiger partial charge in [-0.15, -0.1) is 11.3 Å². The number of amides is 2. The zero-order chi connectivity index (χ0) is 24.6. The second-order valence-corrected chi connectivity index (χ2v) is 9.52. The van der Waals surface area contributed by atoms with E-state index in [1.54, 1.807) is 38.1 Å². The van der Waals surface area contributed by atoms with E-state index in [-0.39, 0.29) is 11.5 Å². The van der Waals surface area contributed by atoms with Crippen LogP contribution in [0.1, 0.15) is 39.3 Å². The number of rotatable bonds is 5. The molecule has 0 saturated heterocycles. The monoisotopic (exact) mass is 494 g/mol. The van der Waals surface area contributed by atoms with E-state index in [0.29, 0.717) is 37.1 Å². The molecular formula is C25H23ClN4O3S. The van der Waals surface area contributed by atoms with Gasteiger partial charge in [-0.2, -0.15) is 0 Å². The minimum absolute atomic E-state index is 0.303. The standard InChI is InChI=1S/C25H23ClN4O3S/c1-13-9-10-18(14(2)11-13)28-23(32)21-15(3)20-24(34-21)27-12-30(25(20)33)16(4)22(31)29-19-8-6-5-7-17(19)26/h5-12,16H,1-4H3,(H,28,32)(H,29,31). The van der Waals surface area contributed by atoms with Crippen LogP contribution in [0, 0.1) is 20.8 Å². The average molecular weight is 495 g/mol. The highest BCUT2D eigenvalue weighted by Crippen LogP contribution is 2.29. The molecule has 0 fully saturated rings.